The lowest BCUT2D eigenvalue weighted by Gasteiger charge is -2.15. The molecule has 10 nitrogen and oxygen atoms in total. The third-order valence-electron chi connectivity index (χ3n) is 7.58. The molecule has 208 valence electrons. The van der Waals surface area contributed by atoms with Gasteiger partial charge in [-0.15, -0.1) is 0 Å². The highest BCUT2D eigenvalue weighted by Gasteiger charge is 2.47. The SMILES string of the molecule is O=C(COC(=O)c1cc(-c2ccc(N3C(=O)C4CC=CCC4C3=O)cc2)nc2ccccc12)c1cccc([N+](=O)[O-])c1. The zero-order valence-electron chi connectivity index (χ0n) is 22.1. The Labute approximate surface area is 239 Å². The van der Waals surface area contributed by atoms with E-state index in [0.717, 1.165) is 6.07 Å². The van der Waals surface area contributed by atoms with Gasteiger partial charge in [-0.25, -0.2) is 9.78 Å². The van der Waals surface area contributed by atoms with E-state index < -0.39 is 23.3 Å². The number of pyridine rings is 1. The van der Waals surface area contributed by atoms with Gasteiger partial charge in [0.1, 0.15) is 0 Å². The zero-order valence-corrected chi connectivity index (χ0v) is 22.1. The van der Waals surface area contributed by atoms with Gasteiger partial charge >= 0.3 is 5.97 Å². The van der Waals surface area contributed by atoms with Gasteiger partial charge in [0.15, 0.2) is 6.61 Å². The van der Waals surface area contributed by atoms with Gasteiger partial charge in [-0.2, -0.15) is 0 Å². The molecule has 0 bridgehead atoms. The summed E-state index contributed by atoms with van der Waals surface area (Å²) in [5.41, 5.74) is 2.10. The minimum Gasteiger partial charge on any atom is -0.454 e. The molecular formula is C32H23N3O7. The van der Waals surface area contributed by atoms with Gasteiger partial charge in [0.2, 0.25) is 17.6 Å². The predicted molar refractivity (Wildman–Crippen MR) is 153 cm³/mol. The molecule has 6 rings (SSSR count). The molecule has 0 spiro atoms. The minimum atomic E-state index is -0.755. The molecule has 2 atom stereocenters. The number of hydrogen-bond donors (Lipinski definition) is 0. The first-order chi connectivity index (χ1) is 20.3. The minimum absolute atomic E-state index is 0.0582. The number of allylic oxidation sites excluding steroid dienone is 2. The molecule has 2 amide bonds. The number of carbonyl (C=O) groups is 4. The second-order valence-corrected chi connectivity index (χ2v) is 10.1. The summed E-state index contributed by atoms with van der Waals surface area (Å²) in [6.45, 7) is -0.601. The van der Waals surface area contributed by atoms with E-state index in [0.29, 0.717) is 40.7 Å². The highest BCUT2D eigenvalue weighted by Crippen LogP contribution is 2.38. The smallest absolute Gasteiger partial charge is 0.339 e. The molecule has 1 aliphatic carbocycles. The van der Waals surface area contributed by atoms with Crippen LogP contribution in [0.4, 0.5) is 11.4 Å². The molecule has 1 saturated heterocycles. The van der Waals surface area contributed by atoms with E-state index in [1.54, 1.807) is 54.6 Å². The zero-order chi connectivity index (χ0) is 29.4. The molecule has 0 N–H and O–H groups in total. The van der Waals surface area contributed by atoms with E-state index in [-0.39, 0.29) is 40.5 Å². The molecule has 10 heteroatoms. The number of amides is 2. The van der Waals surface area contributed by atoms with Crippen LogP contribution >= 0.6 is 0 Å². The number of non-ortho nitro benzene ring substituents is 1. The van der Waals surface area contributed by atoms with Crippen LogP contribution in [0, 0.1) is 22.0 Å². The number of nitro groups is 1. The first-order valence-electron chi connectivity index (χ1n) is 13.3. The van der Waals surface area contributed by atoms with Gasteiger partial charge in [-0.1, -0.05) is 54.6 Å². The molecule has 3 aromatic carbocycles. The number of carbonyl (C=O) groups excluding carboxylic acids is 4. The second kappa shape index (κ2) is 10.8. The van der Waals surface area contributed by atoms with Crippen molar-refractivity contribution >= 4 is 45.8 Å². The van der Waals surface area contributed by atoms with Crippen molar-refractivity contribution in [1.29, 1.82) is 0 Å². The summed E-state index contributed by atoms with van der Waals surface area (Å²) in [7, 11) is 0. The van der Waals surface area contributed by atoms with E-state index in [9.17, 15) is 29.3 Å². The molecule has 1 aliphatic heterocycles. The quantitative estimate of drug-likeness (QED) is 0.0740. The summed E-state index contributed by atoms with van der Waals surface area (Å²) >= 11 is 0. The van der Waals surface area contributed by atoms with Crippen molar-refractivity contribution in [2.75, 3.05) is 11.5 Å². The Morgan fingerprint density at radius 3 is 2.29 bits per heavy atom. The Morgan fingerprint density at radius 2 is 1.60 bits per heavy atom. The van der Waals surface area contributed by atoms with Crippen LogP contribution in [0.5, 0.6) is 0 Å². The van der Waals surface area contributed by atoms with Crippen molar-refractivity contribution in [2.24, 2.45) is 11.8 Å². The largest absolute Gasteiger partial charge is 0.454 e. The molecule has 1 fully saturated rings. The molecule has 4 aromatic rings. The summed E-state index contributed by atoms with van der Waals surface area (Å²) in [6.07, 6.45) is 4.99. The summed E-state index contributed by atoms with van der Waals surface area (Å²) in [6, 6.07) is 20.6. The third-order valence-corrected chi connectivity index (χ3v) is 7.58. The second-order valence-electron chi connectivity index (χ2n) is 10.1. The van der Waals surface area contributed by atoms with E-state index >= 15 is 0 Å². The number of para-hydroxylation sites is 1. The van der Waals surface area contributed by atoms with Gasteiger partial charge in [0, 0.05) is 28.6 Å². The van der Waals surface area contributed by atoms with Crippen molar-refractivity contribution < 1.29 is 28.8 Å². The summed E-state index contributed by atoms with van der Waals surface area (Å²) < 4.78 is 5.33. The van der Waals surface area contributed by atoms with Crippen LogP contribution < -0.4 is 4.90 Å². The Bertz CT molecular complexity index is 1790. The van der Waals surface area contributed by atoms with Crippen molar-refractivity contribution in [3.8, 4) is 11.3 Å². The lowest BCUT2D eigenvalue weighted by molar-refractivity contribution is -0.384. The number of hydrogen-bond acceptors (Lipinski definition) is 8. The average Bonchev–Trinajstić information content (AvgIpc) is 3.28. The molecular weight excluding hydrogens is 538 g/mol. The maximum Gasteiger partial charge on any atom is 0.339 e. The van der Waals surface area contributed by atoms with Crippen LogP contribution in [0.1, 0.15) is 33.6 Å². The van der Waals surface area contributed by atoms with Crippen LogP contribution in [0.3, 0.4) is 0 Å². The molecule has 1 aromatic heterocycles. The van der Waals surface area contributed by atoms with E-state index in [1.807, 2.05) is 12.2 Å². The third kappa shape index (κ3) is 4.83. The number of aromatic nitrogens is 1. The lowest BCUT2D eigenvalue weighted by atomic mass is 9.85. The van der Waals surface area contributed by atoms with Crippen LogP contribution in [0.25, 0.3) is 22.2 Å². The molecule has 2 heterocycles. The number of fused-ring (bicyclic) bond motifs is 2. The van der Waals surface area contributed by atoms with Crippen LogP contribution in [-0.2, 0) is 14.3 Å². The fourth-order valence-electron chi connectivity index (χ4n) is 5.41. The number of imide groups is 1. The van der Waals surface area contributed by atoms with E-state index in [1.165, 1.54) is 23.1 Å². The Hall–Kier alpha value is -5.51. The first-order valence-corrected chi connectivity index (χ1v) is 13.3. The molecule has 0 radical (unpaired) electrons. The fraction of sp³-hybridized carbons (Fsp3) is 0.156. The summed E-state index contributed by atoms with van der Waals surface area (Å²) in [5, 5.41) is 11.6. The fourth-order valence-corrected chi connectivity index (χ4v) is 5.41. The Balaban J connectivity index is 1.25. The number of ether oxygens (including phenoxy) is 1. The maximum absolute atomic E-state index is 13.2. The summed E-state index contributed by atoms with van der Waals surface area (Å²) in [4.78, 5) is 68.1. The van der Waals surface area contributed by atoms with Crippen molar-refractivity contribution in [3.05, 3.63) is 112 Å². The predicted octanol–water partition coefficient (Wildman–Crippen LogP) is 5.31. The van der Waals surface area contributed by atoms with E-state index in [4.69, 9.17) is 4.74 Å². The maximum atomic E-state index is 13.2. The molecule has 42 heavy (non-hydrogen) atoms. The van der Waals surface area contributed by atoms with Gasteiger partial charge in [0.25, 0.3) is 5.69 Å². The van der Waals surface area contributed by atoms with Crippen molar-refractivity contribution in [1.82, 2.24) is 4.98 Å². The summed E-state index contributed by atoms with van der Waals surface area (Å²) in [5.74, 6) is -2.40. The number of benzene rings is 3. The monoisotopic (exact) mass is 561 g/mol. The van der Waals surface area contributed by atoms with Crippen molar-refractivity contribution in [3.63, 3.8) is 0 Å². The number of Topliss-reactive ketones (excluding diaryl/α,β-unsaturated/α-hetero) is 1. The van der Waals surface area contributed by atoms with Crippen LogP contribution in [0.2, 0.25) is 0 Å². The van der Waals surface area contributed by atoms with Gasteiger partial charge < -0.3 is 4.74 Å². The average molecular weight is 562 g/mol. The van der Waals surface area contributed by atoms with Crippen molar-refractivity contribution in [2.45, 2.75) is 12.8 Å². The molecule has 0 saturated carbocycles. The highest BCUT2D eigenvalue weighted by atomic mass is 16.6. The number of rotatable bonds is 7. The number of ketones is 1. The van der Waals surface area contributed by atoms with Crippen LogP contribution in [-0.4, -0.2) is 40.1 Å². The normalized spacial score (nSPS) is 17.8. The van der Waals surface area contributed by atoms with E-state index in [2.05, 4.69) is 4.98 Å². The number of nitro benzene ring substituents is 1. The highest BCUT2D eigenvalue weighted by molar-refractivity contribution is 6.22. The number of anilines is 1. The molecule has 2 unspecified atom stereocenters. The Morgan fingerprint density at radius 1 is 0.905 bits per heavy atom. The van der Waals surface area contributed by atoms with Gasteiger partial charge in [0.05, 0.1) is 39.2 Å². The lowest BCUT2D eigenvalue weighted by Crippen LogP contribution is -2.30. The first kappa shape index (κ1) is 26.7. The number of nitrogens with zero attached hydrogens (tertiary/aromatic N) is 3. The standard InChI is InChI=1S/C32H23N3O7/c36-29(20-6-5-7-22(16-20)35(40)41)18-42-32(39)26-17-28(33-27-11-4-3-8-23(26)27)19-12-14-21(15-13-19)34-30(37)24-9-1-2-10-25(24)31(34)38/h1-8,11-17,24-25H,9-10,18H2. The molecule has 2 aliphatic rings. The Kier molecular flexibility index (Phi) is 6.87. The topological polar surface area (TPSA) is 137 Å². The van der Waals surface area contributed by atoms with Gasteiger partial charge in [-0.05, 0) is 37.1 Å². The number of esters is 1. The van der Waals surface area contributed by atoms with Crippen LogP contribution in [0.15, 0.2) is 91.0 Å². The van der Waals surface area contributed by atoms with Gasteiger partial charge in [-0.3, -0.25) is 29.4 Å².